The van der Waals surface area contributed by atoms with E-state index in [1.165, 1.54) is 16.5 Å². The van der Waals surface area contributed by atoms with Crippen LogP contribution < -0.4 is 0 Å². The summed E-state index contributed by atoms with van der Waals surface area (Å²) in [5.41, 5.74) is 1.84. The van der Waals surface area contributed by atoms with E-state index in [-0.39, 0.29) is 0 Å². The number of nitrogens with zero attached hydrogens (tertiary/aromatic N) is 3. The van der Waals surface area contributed by atoms with Crippen molar-refractivity contribution in [3.05, 3.63) is 58.6 Å². The highest BCUT2D eigenvalue weighted by molar-refractivity contribution is 7.98. The lowest BCUT2D eigenvalue weighted by Crippen LogP contribution is -1.78. The molecule has 0 amide bonds. The van der Waals surface area contributed by atoms with Crippen LogP contribution in [0.5, 0.6) is 0 Å². The minimum Gasteiger partial charge on any atom is -0.411 e. The van der Waals surface area contributed by atoms with Crippen LogP contribution in [0.15, 0.2) is 58.2 Å². The van der Waals surface area contributed by atoms with E-state index >= 15 is 0 Å². The number of rotatable bonds is 4. The van der Waals surface area contributed by atoms with Gasteiger partial charge in [-0.2, -0.15) is 0 Å². The van der Waals surface area contributed by atoms with E-state index < -0.39 is 0 Å². The predicted molar refractivity (Wildman–Crippen MR) is 93.9 cm³/mol. The Bertz CT molecular complexity index is 934. The molecule has 4 rings (SSSR count). The number of benzene rings is 2. The van der Waals surface area contributed by atoms with Crippen LogP contribution in [0.25, 0.3) is 21.7 Å². The van der Waals surface area contributed by atoms with E-state index in [4.69, 9.17) is 16.0 Å². The maximum atomic E-state index is 5.98. The van der Waals surface area contributed by atoms with Crippen LogP contribution in [0.2, 0.25) is 5.02 Å². The van der Waals surface area contributed by atoms with Crippen molar-refractivity contribution in [2.45, 2.75) is 11.0 Å². The molecule has 0 spiro atoms. The van der Waals surface area contributed by atoms with Crippen molar-refractivity contribution in [1.82, 2.24) is 15.2 Å². The Morgan fingerprint density at radius 1 is 1.09 bits per heavy atom. The molecule has 0 fully saturated rings. The number of hydrogen-bond donors (Lipinski definition) is 0. The average molecular weight is 360 g/mol. The first-order chi connectivity index (χ1) is 11.3. The fourth-order valence-corrected chi connectivity index (χ4v) is 4.02. The van der Waals surface area contributed by atoms with Crippen LogP contribution in [0, 0.1) is 0 Å². The molecule has 0 radical (unpaired) electrons. The summed E-state index contributed by atoms with van der Waals surface area (Å²) >= 11 is 9.14. The van der Waals surface area contributed by atoms with E-state index in [1.54, 1.807) is 17.4 Å². The van der Waals surface area contributed by atoms with Gasteiger partial charge in [-0.1, -0.05) is 41.6 Å². The number of thiazole rings is 1. The van der Waals surface area contributed by atoms with Gasteiger partial charge in [0.2, 0.25) is 5.89 Å². The highest BCUT2D eigenvalue weighted by Crippen LogP contribution is 2.29. The standard InChI is InChI=1S/C16H10ClN3OS2/c17-11-5-3-4-10(8-11)15-19-20-16(21-15)22-9-14-18-12-6-1-2-7-13(12)23-14/h1-8H,9H2. The fourth-order valence-electron chi connectivity index (χ4n) is 2.11. The molecule has 0 saturated carbocycles. The molecule has 0 unspecified atom stereocenters. The minimum atomic E-state index is 0.472. The smallest absolute Gasteiger partial charge is 0.277 e. The molecular weight excluding hydrogens is 350 g/mol. The lowest BCUT2D eigenvalue weighted by molar-refractivity contribution is 0.466. The van der Waals surface area contributed by atoms with E-state index in [0.717, 1.165) is 16.1 Å². The zero-order valence-electron chi connectivity index (χ0n) is 11.8. The Kier molecular flexibility index (Phi) is 4.03. The Morgan fingerprint density at radius 2 is 2.00 bits per heavy atom. The van der Waals surface area contributed by atoms with Gasteiger partial charge in [-0.05, 0) is 30.3 Å². The van der Waals surface area contributed by atoms with E-state index in [1.807, 2.05) is 36.4 Å². The Morgan fingerprint density at radius 3 is 2.87 bits per heavy atom. The summed E-state index contributed by atoms with van der Waals surface area (Å²) in [5.74, 6) is 1.18. The monoisotopic (exact) mass is 359 g/mol. The number of para-hydroxylation sites is 1. The number of halogens is 1. The van der Waals surface area contributed by atoms with Crippen molar-refractivity contribution in [2.75, 3.05) is 0 Å². The van der Waals surface area contributed by atoms with E-state index in [0.29, 0.717) is 21.9 Å². The van der Waals surface area contributed by atoms with Gasteiger partial charge in [-0.25, -0.2) is 4.98 Å². The predicted octanol–water partition coefficient (Wildman–Crippen LogP) is 5.29. The van der Waals surface area contributed by atoms with Crippen LogP contribution in [0.3, 0.4) is 0 Å². The van der Waals surface area contributed by atoms with Crippen molar-refractivity contribution in [3.8, 4) is 11.5 Å². The summed E-state index contributed by atoms with van der Waals surface area (Å²) in [6.07, 6.45) is 0. The fraction of sp³-hybridized carbons (Fsp3) is 0.0625. The zero-order chi connectivity index (χ0) is 15.6. The summed E-state index contributed by atoms with van der Waals surface area (Å²) < 4.78 is 6.87. The Labute approximate surface area is 145 Å². The third kappa shape index (κ3) is 3.24. The van der Waals surface area contributed by atoms with Crippen LogP contribution >= 0.6 is 34.7 Å². The number of hydrogen-bond acceptors (Lipinski definition) is 6. The molecule has 2 aromatic carbocycles. The van der Waals surface area contributed by atoms with Crippen LogP contribution in [0.4, 0.5) is 0 Å². The highest BCUT2D eigenvalue weighted by Gasteiger charge is 2.11. The molecule has 23 heavy (non-hydrogen) atoms. The number of aromatic nitrogens is 3. The van der Waals surface area contributed by atoms with Gasteiger partial charge in [-0.15, -0.1) is 21.5 Å². The summed E-state index contributed by atoms with van der Waals surface area (Å²) in [6.45, 7) is 0. The van der Waals surface area contributed by atoms with Gasteiger partial charge in [0.25, 0.3) is 5.22 Å². The van der Waals surface area contributed by atoms with Gasteiger partial charge < -0.3 is 4.42 Å². The first-order valence-corrected chi connectivity index (χ1v) is 9.03. The molecule has 2 heterocycles. The molecule has 0 aliphatic heterocycles. The normalized spacial score (nSPS) is 11.2. The quantitative estimate of drug-likeness (QED) is 0.463. The SMILES string of the molecule is Clc1cccc(-c2nnc(SCc3nc4ccccc4s3)o2)c1. The molecule has 0 aliphatic carbocycles. The van der Waals surface area contributed by atoms with Gasteiger partial charge >= 0.3 is 0 Å². The van der Waals surface area contributed by atoms with Gasteiger partial charge in [0.1, 0.15) is 5.01 Å². The molecular formula is C16H10ClN3OS2. The topological polar surface area (TPSA) is 51.8 Å². The molecule has 0 bridgehead atoms. The molecule has 4 aromatic rings. The molecule has 0 atom stereocenters. The lowest BCUT2D eigenvalue weighted by Gasteiger charge is -1.95. The maximum absolute atomic E-state index is 5.98. The third-order valence-corrected chi connectivity index (χ3v) is 5.42. The first kappa shape index (κ1) is 14.7. The Balaban J connectivity index is 1.49. The molecule has 4 nitrogen and oxygen atoms in total. The molecule has 0 aliphatic rings. The van der Waals surface area contributed by atoms with Gasteiger partial charge in [0.05, 0.1) is 16.0 Å². The molecule has 2 aromatic heterocycles. The van der Waals surface area contributed by atoms with Crippen molar-refractivity contribution >= 4 is 44.9 Å². The van der Waals surface area contributed by atoms with Crippen LogP contribution in [0.1, 0.15) is 5.01 Å². The summed E-state index contributed by atoms with van der Waals surface area (Å²) in [4.78, 5) is 4.59. The number of fused-ring (bicyclic) bond motifs is 1. The van der Waals surface area contributed by atoms with E-state index in [2.05, 4.69) is 21.2 Å². The summed E-state index contributed by atoms with van der Waals surface area (Å²) in [7, 11) is 0. The number of thioether (sulfide) groups is 1. The van der Waals surface area contributed by atoms with Crippen molar-refractivity contribution in [1.29, 1.82) is 0 Å². The lowest BCUT2D eigenvalue weighted by atomic mass is 10.2. The second kappa shape index (κ2) is 6.31. The summed E-state index contributed by atoms with van der Waals surface area (Å²) in [5, 5.41) is 10.4. The first-order valence-electron chi connectivity index (χ1n) is 6.84. The van der Waals surface area contributed by atoms with Crippen molar-refractivity contribution in [3.63, 3.8) is 0 Å². The molecule has 0 saturated heterocycles. The van der Waals surface area contributed by atoms with Gasteiger partial charge in [-0.3, -0.25) is 0 Å². The highest BCUT2D eigenvalue weighted by atomic mass is 35.5. The van der Waals surface area contributed by atoms with Crippen molar-refractivity contribution < 1.29 is 4.42 Å². The molecule has 7 heteroatoms. The molecule has 0 N–H and O–H groups in total. The van der Waals surface area contributed by atoms with Crippen LogP contribution in [-0.4, -0.2) is 15.2 Å². The van der Waals surface area contributed by atoms with E-state index in [9.17, 15) is 0 Å². The minimum absolute atomic E-state index is 0.472. The van der Waals surface area contributed by atoms with Gasteiger partial charge in [0.15, 0.2) is 0 Å². The maximum Gasteiger partial charge on any atom is 0.277 e. The van der Waals surface area contributed by atoms with Crippen molar-refractivity contribution in [2.24, 2.45) is 0 Å². The second-order valence-corrected chi connectivity index (χ2v) is 7.23. The van der Waals surface area contributed by atoms with Gasteiger partial charge in [0, 0.05) is 10.6 Å². The second-order valence-electron chi connectivity index (χ2n) is 4.75. The van der Waals surface area contributed by atoms with Crippen LogP contribution in [-0.2, 0) is 5.75 Å². The summed E-state index contributed by atoms with van der Waals surface area (Å²) in [6, 6.07) is 15.5. The molecule has 114 valence electrons. The average Bonchev–Trinajstić information content (AvgIpc) is 3.19. The third-order valence-electron chi connectivity index (χ3n) is 3.14. The zero-order valence-corrected chi connectivity index (χ0v) is 14.2. The Hall–Kier alpha value is -1.89. The largest absolute Gasteiger partial charge is 0.411 e.